The van der Waals surface area contributed by atoms with E-state index in [2.05, 4.69) is 33.0 Å². The molecule has 1 heterocycles. The number of carbonyl (C=O) groups excluding carboxylic acids is 1. The number of nitrogens with zero attached hydrogens (tertiary/aromatic N) is 2. The standard InChI is InChI=1S/C12H25N3O/c1-9-7-13-10(8-14(5)6)11(16)15(9)12(2,3)4/h9-10,13H,7-8H2,1-6H3. The molecule has 2 unspecified atom stereocenters. The Labute approximate surface area is 99.0 Å². The molecule has 0 saturated carbocycles. The number of carbonyl (C=O) groups is 1. The molecule has 2 atom stereocenters. The van der Waals surface area contributed by atoms with Crippen molar-refractivity contribution in [3.63, 3.8) is 0 Å². The highest BCUT2D eigenvalue weighted by atomic mass is 16.2. The van der Waals surface area contributed by atoms with Gasteiger partial charge in [-0.2, -0.15) is 0 Å². The van der Waals surface area contributed by atoms with E-state index in [0.29, 0.717) is 0 Å². The number of rotatable bonds is 2. The second kappa shape index (κ2) is 4.72. The number of likely N-dealkylation sites (N-methyl/N-ethyl adjacent to an activating group) is 1. The average Bonchev–Trinajstić information content (AvgIpc) is 2.07. The summed E-state index contributed by atoms with van der Waals surface area (Å²) in [5.74, 6) is 0.222. The van der Waals surface area contributed by atoms with E-state index in [0.717, 1.165) is 13.1 Å². The van der Waals surface area contributed by atoms with Crippen LogP contribution in [-0.4, -0.2) is 60.5 Å². The topological polar surface area (TPSA) is 35.6 Å². The molecule has 16 heavy (non-hydrogen) atoms. The van der Waals surface area contributed by atoms with Gasteiger partial charge in [0.2, 0.25) is 5.91 Å². The first-order chi connectivity index (χ1) is 7.23. The Bertz CT molecular complexity index is 257. The van der Waals surface area contributed by atoms with Crippen molar-refractivity contribution < 1.29 is 4.79 Å². The number of amides is 1. The van der Waals surface area contributed by atoms with E-state index in [1.165, 1.54) is 0 Å². The first-order valence-corrected chi connectivity index (χ1v) is 5.94. The SMILES string of the molecule is CC1CNC(CN(C)C)C(=O)N1C(C)(C)C. The predicted octanol–water partition coefficient (Wildman–Crippen LogP) is 0.535. The molecule has 0 aliphatic carbocycles. The van der Waals surface area contributed by atoms with Gasteiger partial charge < -0.3 is 15.1 Å². The summed E-state index contributed by atoms with van der Waals surface area (Å²) in [4.78, 5) is 16.4. The van der Waals surface area contributed by atoms with E-state index in [1.54, 1.807) is 0 Å². The van der Waals surface area contributed by atoms with Crippen LogP contribution in [0.25, 0.3) is 0 Å². The first-order valence-electron chi connectivity index (χ1n) is 5.94. The second-order valence-electron chi connectivity index (χ2n) is 5.95. The fraction of sp³-hybridized carbons (Fsp3) is 0.917. The molecule has 1 amide bonds. The van der Waals surface area contributed by atoms with Crippen molar-refractivity contribution in [3.8, 4) is 0 Å². The van der Waals surface area contributed by atoms with E-state index >= 15 is 0 Å². The Morgan fingerprint density at radius 3 is 2.44 bits per heavy atom. The van der Waals surface area contributed by atoms with Crippen molar-refractivity contribution in [2.45, 2.75) is 45.3 Å². The third-order valence-electron chi connectivity index (χ3n) is 2.91. The largest absolute Gasteiger partial charge is 0.332 e. The van der Waals surface area contributed by atoms with Gasteiger partial charge in [-0.1, -0.05) is 0 Å². The number of piperazine rings is 1. The van der Waals surface area contributed by atoms with Crippen LogP contribution < -0.4 is 5.32 Å². The Kier molecular flexibility index (Phi) is 3.97. The summed E-state index contributed by atoms with van der Waals surface area (Å²) < 4.78 is 0. The predicted molar refractivity (Wildman–Crippen MR) is 66.4 cm³/mol. The van der Waals surface area contributed by atoms with Crippen LogP contribution in [0.2, 0.25) is 0 Å². The average molecular weight is 227 g/mol. The third-order valence-corrected chi connectivity index (χ3v) is 2.91. The molecule has 4 nitrogen and oxygen atoms in total. The molecule has 1 aliphatic rings. The molecule has 1 aliphatic heterocycles. The fourth-order valence-corrected chi connectivity index (χ4v) is 2.38. The van der Waals surface area contributed by atoms with E-state index in [-0.39, 0.29) is 23.5 Å². The van der Waals surface area contributed by atoms with Gasteiger partial charge in [-0.3, -0.25) is 4.79 Å². The maximum absolute atomic E-state index is 12.4. The molecule has 0 aromatic heterocycles. The summed E-state index contributed by atoms with van der Waals surface area (Å²) in [6, 6.07) is 0.205. The molecular weight excluding hydrogens is 202 g/mol. The van der Waals surface area contributed by atoms with Gasteiger partial charge >= 0.3 is 0 Å². The summed E-state index contributed by atoms with van der Waals surface area (Å²) in [7, 11) is 3.99. The Hall–Kier alpha value is -0.610. The van der Waals surface area contributed by atoms with Crippen molar-refractivity contribution in [2.75, 3.05) is 27.2 Å². The van der Waals surface area contributed by atoms with Crippen LogP contribution in [-0.2, 0) is 4.79 Å². The minimum Gasteiger partial charge on any atom is -0.332 e. The van der Waals surface area contributed by atoms with Gasteiger partial charge in [-0.15, -0.1) is 0 Å². The van der Waals surface area contributed by atoms with Crippen LogP contribution in [0.5, 0.6) is 0 Å². The van der Waals surface area contributed by atoms with Crippen LogP contribution in [0.15, 0.2) is 0 Å². The summed E-state index contributed by atoms with van der Waals surface area (Å²) in [5.41, 5.74) is -0.0941. The summed E-state index contributed by atoms with van der Waals surface area (Å²) >= 11 is 0. The molecule has 1 rings (SSSR count). The van der Waals surface area contributed by atoms with Crippen LogP contribution in [0, 0.1) is 0 Å². The molecule has 1 N–H and O–H groups in total. The molecular formula is C12H25N3O. The Morgan fingerprint density at radius 2 is 2.00 bits per heavy atom. The fourth-order valence-electron chi connectivity index (χ4n) is 2.38. The normalized spacial score (nSPS) is 27.7. The molecule has 94 valence electrons. The molecule has 1 saturated heterocycles. The van der Waals surface area contributed by atoms with Gasteiger partial charge in [-0.05, 0) is 41.8 Å². The lowest BCUT2D eigenvalue weighted by Gasteiger charge is -2.46. The Morgan fingerprint density at radius 1 is 1.44 bits per heavy atom. The van der Waals surface area contributed by atoms with Gasteiger partial charge in [0.15, 0.2) is 0 Å². The molecule has 0 bridgehead atoms. The molecule has 0 spiro atoms. The van der Waals surface area contributed by atoms with Gasteiger partial charge in [0.05, 0.1) is 6.04 Å². The molecule has 0 aromatic carbocycles. The smallest absolute Gasteiger partial charge is 0.241 e. The highest BCUT2D eigenvalue weighted by Crippen LogP contribution is 2.21. The molecule has 1 fully saturated rings. The highest BCUT2D eigenvalue weighted by Gasteiger charge is 2.38. The van der Waals surface area contributed by atoms with Crippen LogP contribution in [0.4, 0.5) is 0 Å². The number of nitrogens with one attached hydrogen (secondary N) is 1. The lowest BCUT2D eigenvalue weighted by atomic mass is 9.98. The summed E-state index contributed by atoms with van der Waals surface area (Å²) in [6.45, 7) is 10.0. The van der Waals surface area contributed by atoms with E-state index < -0.39 is 0 Å². The van der Waals surface area contributed by atoms with Crippen molar-refractivity contribution in [1.82, 2.24) is 15.1 Å². The maximum Gasteiger partial charge on any atom is 0.241 e. The van der Waals surface area contributed by atoms with Crippen molar-refractivity contribution in [1.29, 1.82) is 0 Å². The molecule has 4 heteroatoms. The summed E-state index contributed by atoms with van der Waals surface area (Å²) in [5, 5.41) is 3.32. The number of hydrogen-bond donors (Lipinski definition) is 1. The van der Waals surface area contributed by atoms with Crippen molar-refractivity contribution in [2.24, 2.45) is 0 Å². The Balaban J connectivity index is 2.79. The van der Waals surface area contributed by atoms with Crippen LogP contribution >= 0.6 is 0 Å². The van der Waals surface area contributed by atoms with Gasteiger partial charge in [0, 0.05) is 24.7 Å². The van der Waals surface area contributed by atoms with Gasteiger partial charge in [-0.25, -0.2) is 0 Å². The number of hydrogen-bond acceptors (Lipinski definition) is 3. The van der Waals surface area contributed by atoms with Gasteiger partial charge in [0.1, 0.15) is 0 Å². The van der Waals surface area contributed by atoms with Gasteiger partial charge in [0.25, 0.3) is 0 Å². The van der Waals surface area contributed by atoms with Crippen LogP contribution in [0.3, 0.4) is 0 Å². The third kappa shape index (κ3) is 2.95. The van der Waals surface area contributed by atoms with Crippen LogP contribution in [0.1, 0.15) is 27.7 Å². The van der Waals surface area contributed by atoms with E-state index in [9.17, 15) is 4.79 Å². The van der Waals surface area contributed by atoms with E-state index in [4.69, 9.17) is 0 Å². The zero-order valence-corrected chi connectivity index (χ0v) is 11.4. The minimum absolute atomic E-state index is 0.0644. The highest BCUT2D eigenvalue weighted by molar-refractivity contribution is 5.84. The first kappa shape index (κ1) is 13.5. The zero-order chi connectivity index (χ0) is 12.5. The summed E-state index contributed by atoms with van der Waals surface area (Å²) in [6.07, 6.45) is 0. The van der Waals surface area contributed by atoms with Crippen molar-refractivity contribution in [3.05, 3.63) is 0 Å². The minimum atomic E-state index is -0.0941. The van der Waals surface area contributed by atoms with Crippen molar-refractivity contribution >= 4 is 5.91 Å². The molecule has 0 radical (unpaired) electrons. The maximum atomic E-state index is 12.4. The monoisotopic (exact) mass is 227 g/mol. The van der Waals surface area contributed by atoms with E-state index in [1.807, 2.05) is 23.9 Å². The zero-order valence-electron chi connectivity index (χ0n) is 11.4. The second-order valence-corrected chi connectivity index (χ2v) is 5.95. The quantitative estimate of drug-likeness (QED) is 0.748. The molecule has 0 aromatic rings. The lowest BCUT2D eigenvalue weighted by molar-refractivity contribution is -0.144. The lowest BCUT2D eigenvalue weighted by Crippen LogP contribution is -2.66.